The lowest BCUT2D eigenvalue weighted by Crippen LogP contribution is -2.33. The van der Waals surface area contributed by atoms with Crippen molar-refractivity contribution in [1.29, 1.82) is 0 Å². The van der Waals surface area contributed by atoms with Crippen molar-refractivity contribution in [2.75, 3.05) is 6.61 Å². The normalized spacial score (nSPS) is 30.2. The first kappa shape index (κ1) is 12.2. The summed E-state index contributed by atoms with van der Waals surface area (Å²) in [5.41, 5.74) is 1.22. The fraction of sp³-hybridized carbons (Fsp3) is 0.571. The maximum Gasteiger partial charge on any atom is 0.296 e. The highest BCUT2D eigenvalue weighted by Crippen LogP contribution is 2.58. The fourth-order valence-electron chi connectivity index (χ4n) is 3.25. The second-order valence-corrected chi connectivity index (χ2v) is 7.46. The standard InChI is InChI=1S/C14H18O3S/c1-11-2-4-13(5-3-11)18(15,16)17-10-14-7-6-12(8-14)9-14/h2-5,12H,6-10H2,1H3. The number of rotatable bonds is 4. The predicted molar refractivity (Wildman–Crippen MR) is 68.7 cm³/mol. The number of benzene rings is 1. The van der Waals surface area contributed by atoms with E-state index in [1.54, 1.807) is 24.3 Å². The number of hydrogen-bond acceptors (Lipinski definition) is 3. The van der Waals surface area contributed by atoms with E-state index < -0.39 is 10.1 Å². The minimum atomic E-state index is -3.58. The van der Waals surface area contributed by atoms with Gasteiger partial charge < -0.3 is 0 Å². The Labute approximate surface area is 108 Å². The van der Waals surface area contributed by atoms with Crippen LogP contribution in [-0.4, -0.2) is 15.0 Å². The lowest BCUT2D eigenvalue weighted by atomic mass is 9.70. The molecule has 4 rings (SSSR count). The Balaban J connectivity index is 1.69. The molecule has 3 nitrogen and oxygen atoms in total. The molecule has 0 saturated heterocycles. The van der Waals surface area contributed by atoms with Gasteiger partial charge in [-0.1, -0.05) is 17.7 Å². The third-order valence-electron chi connectivity index (χ3n) is 4.36. The molecule has 0 aromatic heterocycles. The highest BCUT2D eigenvalue weighted by atomic mass is 32.2. The van der Waals surface area contributed by atoms with Gasteiger partial charge in [0.1, 0.15) is 0 Å². The van der Waals surface area contributed by atoms with E-state index in [9.17, 15) is 8.42 Å². The van der Waals surface area contributed by atoms with Gasteiger partial charge >= 0.3 is 0 Å². The number of aryl methyl sites for hydroxylation is 1. The van der Waals surface area contributed by atoms with Gasteiger partial charge in [-0.05, 0) is 56.1 Å². The molecule has 3 fully saturated rings. The van der Waals surface area contributed by atoms with Gasteiger partial charge in [0.05, 0.1) is 11.5 Å². The van der Waals surface area contributed by atoms with E-state index in [0.29, 0.717) is 6.61 Å². The summed E-state index contributed by atoms with van der Waals surface area (Å²) in [6.07, 6.45) is 4.67. The van der Waals surface area contributed by atoms with Gasteiger partial charge in [0.2, 0.25) is 0 Å². The molecule has 18 heavy (non-hydrogen) atoms. The molecule has 0 N–H and O–H groups in total. The first-order valence-corrected chi connectivity index (χ1v) is 7.86. The molecule has 2 bridgehead atoms. The van der Waals surface area contributed by atoms with Crippen molar-refractivity contribution in [3.8, 4) is 0 Å². The van der Waals surface area contributed by atoms with Crippen molar-refractivity contribution in [3.05, 3.63) is 29.8 Å². The molecule has 0 amide bonds. The zero-order valence-corrected chi connectivity index (χ0v) is 11.4. The fourth-order valence-corrected chi connectivity index (χ4v) is 4.26. The Bertz CT molecular complexity index is 533. The van der Waals surface area contributed by atoms with E-state index in [1.165, 1.54) is 6.42 Å². The van der Waals surface area contributed by atoms with E-state index in [2.05, 4.69) is 0 Å². The Kier molecular flexibility index (Phi) is 2.75. The van der Waals surface area contributed by atoms with Crippen LogP contribution in [0.4, 0.5) is 0 Å². The van der Waals surface area contributed by atoms with Crippen molar-refractivity contribution >= 4 is 10.1 Å². The van der Waals surface area contributed by atoms with Gasteiger partial charge in [-0.25, -0.2) is 0 Å². The smallest absolute Gasteiger partial charge is 0.266 e. The van der Waals surface area contributed by atoms with Crippen LogP contribution >= 0.6 is 0 Å². The lowest BCUT2D eigenvalue weighted by molar-refractivity contribution is 0.0724. The molecule has 0 radical (unpaired) electrons. The molecular weight excluding hydrogens is 248 g/mol. The maximum atomic E-state index is 12.0. The highest BCUT2D eigenvalue weighted by molar-refractivity contribution is 7.86. The third-order valence-corrected chi connectivity index (χ3v) is 5.63. The van der Waals surface area contributed by atoms with E-state index in [-0.39, 0.29) is 10.3 Å². The first-order chi connectivity index (χ1) is 8.49. The molecule has 0 spiro atoms. The highest BCUT2D eigenvalue weighted by Gasteiger charge is 2.50. The number of fused-ring (bicyclic) bond motifs is 1. The van der Waals surface area contributed by atoms with Gasteiger partial charge in [-0.15, -0.1) is 0 Å². The topological polar surface area (TPSA) is 43.4 Å². The zero-order chi connectivity index (χ0) is 12.8. The van der Waals surface area contributed by atoms with Crippen molar-refractivity contribution in [1.82, 2.24) is 0 Å². The summed E-state index contributed by atoms with van der Waals surface area (Å²) < 4.78 is 29.3. The molecule has 3 saturated carbocycles. The van der Waals surface area contributed by atoms with E-state index >= 15 is 0 Å². The van der Waals surface area contributed by atoms with Gasteiger partial charge in [0, 0.05) is 0 Å². The van der Waals surface area contributed by atoms with Gasteiger partial charge in [0.25, 0.3) is 10.1 Å². The van der Waals surface area contributed by atoms with Crippen molar-refractivity contribution in [3.63, 3.8) is 0 Å². The Morgan fingerprint density at radius 1 is 1.28 bits per heavy atom. The molecule has 1 aromatic rings. The maximum absolute atomic E-state index is 12.0. The molecule has 0 unspecified atom stereocenters. The second kappa shape index (κ2) is 4.07. The Morgan fingerprint density at radius 3 is 2.50 bits per heavy atom. The predicted octanol–water partition coefficient (Wildman–Crippen LogP) is 2.89. The summed E-state index contributed by atoms with van der Waals surface area (Å²) >= 11 is 0. The van der Waals surface area contributed by atoms with Crippen LogP contribution in [0.3, 0.4) is 0 Å². The van der Waals surface area contributed by atoms with Crippen molar-refractivity contribution < 1.29 is 12.6 Å². The number of hydrogen-bond donors (Lipinski definition) is 0. The molecule has 0 aliphatic heterocycles. The van der Waals surface area contributed by atoms with Gasteiger partial charge in [-0.3, -0.25) is 4.18 Å². The minimum absolute atomic E-state index is 0.169. The molecule has 4 heteroatoms. The van der Waals surface area contributed by atoms with Crippen LogP contribution in [-0.2, 0) is 14.3 Å². The monoisotopic (exact) mass is 266 g/mol. The van der Waals surface area contributed by atoms with Crippen LogP contribution in [0, 0.1) is 18.3 Å². The molecule has 0 heterocycles. The SMILES string of the molecule is Cc1ccc(S(=O)(=O)OCC23CCC(C2)C3)cc1. The summed E-state index contributed by atoms with van der Waals surface area (Å²) in [5.74, 6) is 0.829. The first-order valence-electron chi connectivity index (χ1n) is 6.45. The molecule has 3 aliphatic rings. The van der Waals surface area contributed by atoms with Crippen molar-refractivity contribution in [2.24, 2.45) is 11.3 Å². The summed E-state index contributed by atoms with van der Waals surface area (Å²) in [4.78, 5) is 0.262. The third kappa shape index (κ3) is 2.08. The molecular formula is C14H18O3S. The average molecular weight is 266 g/mol. The van der Waals surface area contributed by atoms with Crippen LogP contribution in [0.15, 0.2) is 29.2 Å². The molecule has 0 atom stereocenters. The van der Waals surface area contributed by atoms with Gasteiger partial charge in [0.15, 0.2) is 0 Å². The van der Waals surface area contributed by atoms with E-state index in [4.69, 9.17) is 4.18 Å². The molecule has 3 aliphatic carbocycles. The largest absolute Gasteiger partial charge is 0.296 e. The summed E-state index contributed by atoms with van der Waals surface area (Å²) in [6, 6.07) is 6.81. The van der Waals surface area contributed by atoms with Crippen LogP contribution in [0.5, 0.6) is 0 Å². The van der Waals surface area contributed by atoms with Crippen LogP contribution < -0.4 is 0 Å². The molecule has 98 valence electrons. The van der Waals surface area contributed by atoms with E-state index in [0.717, 1.165) is 30.7 Å². The average Bonchev–Trinajstić information content (AvgIpc) is 2.86. The van der Waals surface area contributed by atoms with E-state index in [1.807, 2.05) is 6.92 Å². The van der Waals surface area contributed by atoms with Crippen molar-refractivity contribution in [2.45, 2.75) is 37.5 Å². The molecule has 1 aromatic carbocycles. The Morgan fingerprint density at radius 2 is 1.94 bits per heavy atom. The quantitative estimate of drug-likeness (QED) is 0.787. The summed E-state index contributed by atoms with van der Waals surface area (Å²) in [6.45, 7) is 2.29. The van der Waals surface area contributed by atoms with Gasteiger partial charge in [-0.2, -0.15) is 8.42 Å². The van der Waals surface area contributed by atoms with Crippen LogP contribution in [0.1, 0.15) is 31.2 Å². The lowest BCUT2D eigenvalue weighted by Gasteiger charge is -2.37. The summed E-state index contributed by atoms with van der Waals surface area (Å²) in [7, 11) is -3.58. The Hall–Kier alpha value is -0.870. The van der Waals surface area contributed by atoms with Crippen LogP contribution in [0.2, 0.25) is 0 Å². The minimum Gasteiger partial charge on any atom is -0.266 e. The summed E-state index contributed by atoms with van der Waals surface area (Å²) in [5, 5.41) is 0. The zero-order valence-electron chi connectivity index (χ0n) is 10.6. The van der Waals surface area contributed by atoms with Crippen LogP contribution in [0.25, 0.3) is 0 Å². The second-order valence-electron chi connectivity index (χ2n) is 5.84.